The lowest BCUT2D eigenvalue weighted by Gasteiger charge is -2.11. The van der Waals surface area contributed by atoms with E-state index in [0.29, 0.717) is 5.57 Å². The van der Waals surface area contributed by atoms with E-state index in [0.717, 1.165) is 16.8 Å². The lowest BCUT2D eigenvalue weighted by atomic mass is 10.0. The Kier molecular flexibility index (Phi) is 4.07. The van der Waals surface area contributed by atoms with E-state index < -0.39 is 0 Å². The molecule has 0 aromatic heterocycles. The first kappa shape index (κ1) is 13.7. The molecule has 0 amide bonds. The number of phenolic OH excluding ortho intramolecular Hbond substituents is 1. The standard InChI is InChI=1S/C17H16N2O/c1-19(2)16-7-3-13(4-8-16)11-15(12-18)14-5-9-17(20)10-6-14/h3-11,20H,1-2H3/b15-11+. The highest BCUT2D eigenvalue weighted by Gasteiger charge is 2.01. The molecular weight excluding hydrogens is 248 g/mol. The number of hydrogen-bond donors (Lipinski definition) is 1. The predicted molar refractivity (Wildman–Crippen MR) is 82.4 cm³/mol. The molecule has 100 valence electrons. The molecule has 0 spiro atoms. The van der Waals surface area contributed by atoms with Gasteiger partial charge in [-0.3, -0.25) is 0 Å². The van der Waals surface area contributed by atoms with Crippen molar-refractivity contribution in [3.05, 3.63) is 59.7 Å². The maximum Gasteiger partial charge on any atom is 0.115 e. The number of phenols is 1. The number of nitrogens with zero attached hydrogens (tertiary/aromatic N) is 2. The number of benzene rings is 2. The molecule has 2 aromatic rings. The van der Waals surface area contributed by atoms with Crippen LogP contribution in [0, 0.1) is 11.3 Å². The molecule has 0 heterocycles. The first-order chi connectivity index (χ1) is 9.60. The zero-order chi connectivity index (χ0) is 14.5. The molecule has 0 radical (unpaired) electrons. The summed E-state index contributed by atoms with van der Waals surface area (Å²) in [6.45, 7) is 0. The van der Waals surface area contributed by atoms with Crippen LogP contribution in [-0.2, 0) is 0 Å². The van der Waals surface area contributed by atoms with Gasteiger partial charge in [-0.2, -0.15) is 5.26 Å². The summed E-state index contributed by atoms with van der Waals surface area (Å²) in [4.78, 5) is 2.03. The smallest absolute Gasteiger partial charge is 0.115 e. The van der Waals surface area contributed by atoms with Crippen molar-refractivity contribution in [1.82, 2.24) is 0 Å². The van der Waals surface area contributed by atoms with Crippen molar-refractivity contribution in [2.45, 2.75) is 0 Å². The molecule has 3 nitrogen and oxygen atoms in total. The van der Waals surface area contributed by atoms with Crippen LogP contribution in [0.4, 0.5) is 5.69 Å². The summed E-state index contributed by atoms with van der Waals surface area (Å²) in [6.07, 6.45) is 1.84. The lowest BCUT2D eigenvalue weighted by molar-refractivity contribution is 0.475. The van der Waals surface area contributed by atoms with E-state index in [1.807, 2.05) is 49.3 Å². The van der Waals surface area contributed by atoms with Crippen LogP contribution in [0.1, 0.15) is 11.1 Å². The zero-order valence-electron chi connectivity index (χ0n) is 11.5. The van der Waals surface area contributed by atoms with Crippen LogP contribution in [0.2, 0.25) is 0 Å². The Balaban J connectivity index is 2.31. The Hall–Kier alpha value is -2.73. The maximum absolute atomic E-state index is 9.28. The second kappa shape index (κ2) is 5.94. The van der Waals surface area contributed by atoms with Crippen LogP contribution in [0.5, 0.6) is 5.75 Å². The third-order valence-corrected chi connectivity index (χ3v) is 3.02. The molecule has 2 aromatic carbocycles. The average Bonchev–Trinajstić information content (AvgIpc) is 2.46. The quantitative estimate of drug-likeness (QED) is 0.681. The van der Waals surface area contributed by atoms with Crippen LogP contribution < -0.4 is 4.90 Å². The Bertz CT molecular complexity index is 647. The van der Waals surface area contributed by atoms with Crippen molar-refractivity contribution in [3.63, 3.8) is 0 Å². The summed E-state index contributed by atoms with van der Waals surface area (Å²) >= 11 is 0. The van der Waals surface area contributed by atoms with Gasteiger partial charge in [-0.15, -0.1) is 0 Å². The Labute approximate surface area is 119 Å². The van der Waals surface area contributed by atoms with E-state index in [1.54, 1.807) is 24.3 Å². The molecule has 0 aliphatic rings. The summed E-state index contributed by atoms with van der Waals surface area (Å²) in [5.41, 5.74) is 3.45. The molecule has 0 aliphatic carbocycles. The van der Waals surface area contributed by atoms with Crippen molar-refractivity contribution < 1.29 is 5.11 Å². The summed E-state index contributed by atoms with van der Waals surface area (Å²) in [6, 6.07) is 16.8. The third kappa shape index (κ3) is 3.18. The van der Waals surface area contributed by atoms with Gasteiger partial charge in [0.25, 0.3) is 0 Å². The molecule has 0 saturated heterocycles. The van der Waals surface area contributed by atoms with Gasteiger partial charge in [-0.25, -0.2) is 0 Å². The highest BCUT2D eigenvalue weighted by atomic mass is 16.3. The minimum atomic E-state index is 0.196. The van der Waals surface area contributed by atoms with Crippen LogP contribution in [0.3, 0.4) is 0 Å². The first-order valence-corrected chi connectivity index (χ1v) is 6.29. The minimum Gasteiger partial charge on any atom is -0.508 e. The van der Waals surface area contributed by atoms with Crippen molar-refractivity contribution >= 4 is 17.3 Å². The monoisotopic (exact) mass is 264 g/mol. The molecule has 1 N–H and O–H groups in total. The lowest BCUT2D eigenvalue weighted by Crippen LogP contribution is -2.07. The van der Waals surface area contributed by atoms with Crippen molar-refractivity contribution in [2.75, 3.05) is 19.0 Å². The summed E-state index contributed by atoms with van der Waals surface area (Å²) in [5, 5.41) is 18.5. The SMILES string of the molecule is CN(C)c1ccc(/C=C(\C#N)c2ccc(O)cc2)cc1. The highest BCUT2D eigenvalue weighted by Crippen LogP contribution is 2.21. The number of anilines is 1. The molecule has 3 heteroatoms. The molecule has 20 heavy (non-hydrogen) atoms. The molecule has 0 aliphatic heterocycles. The highest BCUT2D eigenvalue weighted by molar-refractivity contribution is 5.89. The van der Waals surface area contributed by atoms with Gasteiger partial charge in [0.15, 0.2) is 0 Å². The second-order valence-corrected chi connectivity index (χ2v) is 4.70. The van der Waals surface area contributed by atoms with Crippen molar-refractivity contribution in [2.24, 2.45) is 0 Å². The van der Waals surface area contributed by atoms with Gasteiger partial charge >= 0.3 is 0 Å². The zero-order valence-corrected chi connectivity index (χ0v) is 11.5. The van der Waals surface area contributed by atoms with Gasteiger partial charge in [0.2, 0.25) is 0 Å². The normalized spacial score (nSPS) is 10.9. The molecule has 0 bridgehead atoms. The Morgan fingerprint density at radius 3 is 2.15 bits per heavy atom. The number of allylic oxidation sites excluding steroid dienone is 1. The fourth-order valence-corrected chi connectivity index (χ4v) is 1.86. The van der Waals surface area contributed by atoms with E-state index in [2.05, 4.69) is 6.07 Å². The van der Waals surface area contributed by atoms with Crippen molar-refractivity contribution in [1.29, 1.82) is 5.26 Å². The summed E-state index contributed by atoms with van der Waals surface area (Å²) < 4.78 is 0. The van der Waals surface area contributed by atoms with Gasteiger partial charge in [0.05, 0.1) is 11.6 Å². The summed E-state index contributed by atoms with van der Waals surface area (Å²) in [7, 11) is 3.98. The first-order valence-electron chi connectivity index (χ1n) is 6.29. The van der Waals surface area contributed by atoms with Crippen LogP contribution >= 0.6 is 0 Å². The van der Waals surface area contributed by atoms with E-state index in [9.17, 15) is 10.4 Å². The van der Waals surface area contributed by atoms with Gasteiger partial charge in [-0.1, -0.05) is 12.1 Å². The molecule has 0 unspecified atom stereocenters. The van der Waals surface area contributed by atoms with E-state index in [1.165, 1.54) is 0 Å². The van der Waals surface area contributed by atoms with Gasteiger partial charge in [0, 0.05) is 19.8 Å². The topological polar surface area (TPSA) is 47.3 Å². The maximum atomic E-state index is 9.28. The number of nitriles is 1. The average molecular weight is 264 g/mol. The minimum absolute atomic E-state index is 0.196. The summed E-state index contributed by atoms with van der Waals surface area (Å²) in [5.74, 6) is 0.196. The van der Waals surface area contributed by atoms with Gasteiger partial charge in [-0.05, 0) is 53.6 Å². The van der Waals surface area contributed by atoms with Gasteiger partial charge in [0.1, 0.15) is 5.75 Å². The second-order valence-electron chi connectivity index (χ2n) is 4.70. The fraction of sp³-hybridized carbons (Fsp3) is 0.118. The van der Waals surface area contributed by atoms with Crippen LogP contribution in [0.15, 0.2) is 48.5 Å². The van der Waals surface area contributed by atoms with E-state index >= 15 is 0 Å². The fourth-order valence-electron chi connectivity index (χ4n) is 1.86. The number of hydrogen-bond acceptors (Lipinski definition) is 3. The third-order valence-electron chi connectivity index (χ3n) is 3.02. The van der Waals surface area contributed by atoms with Crippen LogP contribution in [-0.4, -0.2) is 19.2 Å². The number of rotatable bonds is 3. The Morgan fingerprint density at radius 1 is 1.05 bits per heavy atom. The molecular formula is C17H16N2O. The van der Waals surface area contributed by atoms with Crippen LogP contribution in [0.25, 0.3) is 11.6 Å². The van der Waals surface area contributed by atoms with E-state index in [4.69, 9.17) is 0 Å². The molecule has 2 rings (SSSR count). The molecule has 0 saturated carbocycles. The molecule has 0 fully saturated rings. The molecule has 0 atom stereocenters. The Morgan fingerprint density at radius 2 is 1.65 bits per heavy atom. The van der Waals surface area contributed by atoms with E-state index in [-0.39, 0.29) is 5.75 Å². The van der Waals surface area contributed by atoms with Crippen molar-refractivity contribution in [3.8, 4) is 11.8 Å². The number of aromatic hydroxyl groups is 1. The largest absolute Gasteiger partial charge is 0.508 e. The van der Waals surface area contributed by atoms with Gasteiger partial charge < -0.3 is 10.0 Å². The predicted octanol–water partition coefficient (Wildman–Crippen LogP) is 3.52.